The van der Waals surface area contributed by atoms with Crippen LogP contribution in [0.1, 0.15) is 36.1 Å². The average Bonchev–Trinajstić information content (AvgIpc) is 3.51. The molecule has 6 aromatic rings. The van der Waals surface area contributed by atoms with Gasteiger partial charge in [0.2, 0.25) is 0 Å². The van der Waals surface area contributed by atoms with Crippen LogP contribution in [-0.2, 0) is 5.41 Å². The highest BCUT2D eigenvalue weighted by molar-refractivity contribution is 6.20. The zero-order chi connectivity index (χ0) is 27.3. The number of rotatable bonds is 5. The maximum Gasteiger partial charge on any atom is 0.130 e. The Morgan fingerprint density at radius 2 is 1.35 bits per heavy atom. The Labute approximate surface area is 234 Å². The van der Waals surface area contributed by atoms with Crippen LogP contribution in [0.2, 0.25) is 0 Å². The highest BCUT2D eigenvalue weighted by Crippen LogP contribution is 2.51. The van der Waals surface area contributed by atoms with Crippen molar-refractivity contribution in [1.29, 1.82) is 0 Å². The molecule has 1 aliphatic heterocycles. The zero-order valence-corrected chi connectivity index (χ0v) is 22.7. The molecule has 0 aliphatic carbocycles. The van der Waals surface area contributed by atoms with Crippen molar-refractivity contribution >= 4 is 44.7 Å². The average molecular weight is 516 g/mol. The number of aliphatic imine (C=N–C) groups is 2. The molecule has 1 aromatic heterocycles. The van der Waals surface area contributed by atoms with E-state index in [1.807, 2.05) is 25.1 Å². The number of hydrogen-bond donors (Lipinski definition) is 0. The lowest BCUT2D eigenvalue weighted by Crippen LogP contribution is -2.32. The Morgan fingerprint density at radius 1 is 0.725 bits per heavy atom. The summed E-state index contributed by atoms with van der Waals surface area (Å²) in [6, 6.07) is 44.5. The molecule has 3 nitrogen and oxygen atoms in total. The highest BCUT2D eigenvalue weighted by atomic mass is 15.1. The van der Waals surface area contributed by atoms with Crippen molar-refractivity contribution in [3.05, 3.63) is 156 Å². The zero-order valence-electron chi connectivity index (χ0n) is 22.7. The third kappa shape index (κ3) is 3.59. The van der Waals surface area contributed by atoms with Gasteiger partial charge in [-0.1, -0.05) is 122 Å². The molecule has 0 N–H and O–H groups in total. The van der Waals surface area contributed by atoms with E-state index in [0.29, 0.717) is 5.82 Å². The van der Waals surface area contributed by atoms with Crippen LogP contribution in [-0.4, -0.2) is 16.0 Å². The van der Waals surface area contributed by atoms with Crippen molar-refractivity contribution in [2.24, 2.45) is 9.98 Å². The van der Waals surface area contributed by atoms with E-state index in [1.165, 1.54) is 21.9 Å². The second kappa shape index (κ2) is 9.32. The van der Waals surface area contributed by atoms with Crippen molar-refractivity contribution in [3.8, 4) is 0 Å². The van der Waals surface area contributed by atoms with E-state index in [4.69, 9.17) is 9.98 Å². The molecular weight excluding hydrogens is 486 g/mol. The van der Waals surface area contributed by atoms with Crippen LogP contribution >= 0.6 is 0 Å². The quantitative estimate of drug-likeness (QED) is 0.205. The van der Waals surface area contributed by atoms with Gasteiger partial charge in [-0.05, 0) is 42.7 Å². The van der Waals surface area contributed by atoms with Crippen LogP contribution in [0, 0.1) is 0 Å². The first-order valence-electron chi connectivity index (χ1n) is 13.6. The fourth-order valence-corrected chi connectivity index (χ4v) is 6.24. The predicted octanol–water partition coefficient (Wildman–Crippen LogP) is 9.17. The summed E-state index contributed by atoms with van der Waals surface area (Å²) in [6.07, 6.45) is 0. The molecular formula is C37H29N3. The molecule has 0 saturated heterocycles. The summed E-state index contributed by atoms with van der Waals surface area (Å²) in [5.74, 6) is 0.685. The Kier molecular flexibility index (Phi) is 5.60. The molecule has 192 valence electrons. The highest BCUT2D eigenvalue weighted by Gasteiger charge is 2.44. The second-order valence-electron chi connectivity index (χ2n) is 10.5. The Hall–Kier alpha value is -5.02. The van der Waals surface area contributed by atoms with E-state index in [-0.39, 0.29) is 0 Å². The fourth-order valence-electron chi connectivity index (χ4n) is 6.24. The minimum Gasteiger partial charge on any atom is -0.294 e. The van der Waals surface area contributed by atoms with Crippen molar-refractivity contribution in [2.45, 2.75) is 19.3 Å². The number of para-hydroxylation sites is 1. The van der Waals surface area contributed by atoms with Gasteiger partial charge in [-0.15, -0.1) is 0 Å². The lowest BCUT2D eigenvalue weighted by atomic mass is 9.71. The van der Waals surface area contributed by atoms with Gasteiger partial charge in [-0.3, -0.25) is 9.56 Å². The summed E-state index contributed by atoms with van der Waals surface area (Å²) in [5, 5.41) is 2.35. The first kappa shape index (κ1) is 24.1. The van der Waals surface area contributed by atoms with E-state index in [1.54, 1.807) is 0 Å². The summed E-state index contributed by atoms with van der Waals surface area (Å²) >= 11 is 0. The van der Waals surface area contributed by atoms with Gasteiger partial charge in [0.1, 0.15) is 5.82 Å². The van der Waals surface area contributed by atoms with Gasteiger partial charge in [-0.25, -0.2) is 4.99 Å². The van der Waals surface area contributed by atoms with Gasteiger partial charge in [0.25, 0.3) is 0 Å². The summed E-state index contributed by atoms with van der Waals surface area (Å²) in [7, 11) is 0. The molecule has 0 saturated carbocycles. The van der Waals surface area contributed by atoms with Gasteiger partial charge in [0.15, 0.2) is 0 Å². The minimum absolute atomic E-state index is 0.484. The monoisotopic (exact) mass is 515 g/mol. The van der Waals surface area contributed by atoms with E-state index in [0.717, 1.165) is 39.3 Å². The lowest BCUT2D eigenvalue weighted by molar-refractivity contribution is 0.797. The van der Waals surface area contributed by atoms with Crippen LogP contribution in [0.15, 0.2) is 144 Å². The van der Waals surface area contributed by atoms with Crippen LogP contribution in [0.3, 0.4) is 0 Å². The molecule has 1 atom stereocenters. The summed E-state index contributed by atoms with van der Waals surface area (Å²) in [4.78, 5) is 10.4. The van der Waals surface area contributed by atoms with Crippen LogP contribution in [0.5, 0.6) is 0 Å². The maximum atomic E-state index is 5.32. The van der Waals surface area contributed by atoms with Gasteiger partial charge < -0.3 is 0 Å². The number of hydrogen-bond acceptors (Lipinski definition) is 2. The first-order valence-corrected chi connectivity index (χ1v) is 13.6. The Morgan fingerprint density at radius 3 is 2.08 bits per heavy atom. The summed E-state index contributed by atoms with van der Waals surface area (Å²) < 4.78 is 2.24. The summed E-state index contributed by atoms with van der Waals surface area (Å²) in [5.41, 5.74) is 9.26. The number of aromatic nitrogens is 1. The Balaban J connectivity index is 1.55. The minimum atomic E-state index is -0.484. The smallest absolute Gasteiger partial charge is 0.130 e. The normalized spacial score (nSPS) is 16.8. The van der Waals surface area contributed by atoms with Gasteiger partial charge in [0, 0.05) is 22.0 Å². The van der Waals surface area contributed by atoms with E-state index in [9.17, 15) is 0 Å². The number of benzene rings is 5. The standard InChI is InChI=1S/C37H29N3/c1-25(27-15-7-4-8-16-27)38-26(2)40-33-22-14-13-21-30(33)31-23-24-32-34(35(31)40)37(3,29-19-11-6-12-20-29)36(39-32)28-17-9-5-10-18-28/h4-24H,2H2,1,3H3/b38-25+. The van der Waals surface area contributed by atoms with Gasteiger partial charge >= 0.3 is 0 Å². The SMILES string of the molecule is C=C(/N=C(\C)c1ccccc1)n1c2ccccc2c2ccc3c(c21)C(C)(c1ccccc1)C(c1ccccc1)=N3. The lowest BCUT2D eigenvalue weighted by Gasteiger charge is -2.30. The van der Waals surface area contributed by atoms with Crippen LogP contribution in [0.25, 0.3) is 27.6 Å². The molecule has 0 bridgehead atoms. The van der Waals surface area contributed by atoms with Crippen molar-refractivity contribution in [2.75, 3.05) is 0 Å². The molecule has 0 amide bonds. The van der Waals surface area contributed by atoms with Crippen molar-refractivity contribution in [1.82, 2.24) is 4.57 Å². The van der Waals surface area contributed by atoms with E-state index in [2.05, 4.69) is 127 Å². The fraction of sp³-hybridized carbons (Fsp3) is 0.0811. The molecule has 1 aliphatic rings. The van der Waals surface area contributed by atoms with Crippen molar-refractivity contribution < 1.29 is 0 Å². The maximum absolute atomic E-state index is 5.32. The van der Waals surface area contributed by atoms with Crippen LogP contribution in [0.4, 0.5) is 5.69 Å². The third-order valence-corrected chi connectivity index (χ3v) is 8.17. The molecule has 0 radical (unpaired) electrons. The van der Waals surface area contributed by atoms with E-state index < -0.39 is 5.41 Å². The molecule has 5 aromatic carbocycles. The first-order chi connectivity index (χ1) is 19.6. The topological polar surface area (TPSA) is 29.6 Å². The third-order valence-electron chi connectivity index (χ3n) is 8.17. The molecule has 3 heteroatoms. The number of nitrogens with zero attached hydrogens (tertiary/aromatic N) is 3. The largest absolute Gasteiger partial charge is 0.294 e. The molecule has 40 heavy (non-hydrogen) atoms. The molecule has 0 spiro atoms. The van der Waals surface area contributed by atoms with Crippen molar-refractivity contribution in [3.63, 3.8) is 0 Å². The molecule has 0 fully saturated rings. The molecule has 2 heterocycles. The summed E-state index contributed by atoms with van der Waals surface area (Å²) in [6.45, 7) is 8.88. The van der Waals surface area contributed by atoms with Gasteiger partial charge in [-0.2, -0.15) is 0 Å². The van der Waals surface area contributed by atoms with Gasteiger partial charge in [0.05, 0.1) is 27.8 Å². The van der Waals surface area contributed by atoms with E-state index >= 15 is 0 Å². The molecule has 1 unspecified atom stereocenters. The predicted molar refractivity (Wildman–Crippen MR) is 169 cm³/mol. The molecule has 7 rings (SSSR count). The Bertz CT molecular complexity index is 1960. The van der Waals surface area contributed by atoms with Crippen LogP contribution < -0.4 is 0 Å². The second-order valence-corrected chi connectivity index (χ2v) is 10.5. The number of fused-ring (bicyclic) bond motifs is 5.